The van der Waals surface area contributed by atoms with Crippen LogP contribution in [0.2, 0.25) is 19.1 Å². The Labute approximate surface area is 228 Å². The number of nitrogens with zero attached hydrogens (tertiary/aromatic N) is 3. The Morgan fingerprint density at radius 2 is 1.68 bits per heavy atom. The number of alkyl halides is 4. The summed E-state index contributed by atoms with van der Waals surface area (Å²) in [5.74, 6) is -6.29. The van der Waals surface area contributed by atoms with E-state index >= 15 is 4.39 Å². The second-order valence-corrected chi connectivity index (χ2v) is 14.5. The molecule has 3 rings (SSSR count). The van der Waals surface area contributed by atoms with Gasteiger partial charge in [-0.15, -0.1) is 0 Å². The van der Waals surface area contributed by atoms with Crippen molar-refractivity contribution in [3.8, 4) is 11.4 Å². The van der Waals surface area contributed by atoms with Crippen LogP contribution in [0.3, 0.4) is 0 Å². The van der Waals surface area contributed by atoms with Gasteiger partial charge in [0.15, 0.2) is 14.9 Å². The molecule has 1 aromatic heterocycles. The average Bonchev–Trinajstić information content (AvgIpc) is 3.22. The van der Waals surface area contributed by atoms with E-state index < -0.39 is 56.2 Å². The van der Waals surface area contributed by atoms with E-state index in [9.17, 15) is 31.9 Å². The van der Waals surface area contributed by atoms with Crippen LogP contribution in [0.5, 0.6) is 5.75 Å². The summed E-state index contributed by atoms with van der Waals surface area (Å²) in [7, 11) is -2.70. The summed E-state index contributed by atoms with van der Waals surface area (Å²) in [5.41, 5.74) is -2.75. The van der Waals surface area contributed by atoms with Crippen molar-refractivity contribution in [1.29, 1.82) is 0 Å². The standard InChI is InChI=1S/C26H31F6N3O4Si/c1-16(2)39-40(4,5)14-25(37,21-11-6-18(27)12-22(21)28)17(3)35-24(36)34(15-33-35)19-7-9-20(10-8-19)38-13-26(31,32)23(29)30/h6-12,15-17,23,37H,13-14H2,1-5H3/t17-,25-/m1/s1. The molecule has 14 heteroatoms. The molecule has 0 bridgehead atoms. The molecule has 0 aliphatic carbocycles. The van der Waals surface area contributed by atoms with Gasteiger partial charge in [0.05, 0.1) is 11.7 Å². The van der Waals surface area contributed by atoms with Gasteiger partial charge in [0, 0.05) is 23.8 Å². The third kappa shape index (κ3) is 6.96. The van der Waals surface area contributed by atoms with E-state index in [1.165, 1.54) is 31.2 Å². The minimum atomic E-state index is -4.33. The molecule has 0 spiro atoms. The van der Waals surface area contributed by atoms with Crippen molar-refractivity contribution in [2.45, 2.75) is 70.0 Å². The molecule has 3 aromatic rings. The summed E-state index contributed by atoms with van der Waals surface area (Å²) in [6.07, 6.45) is -2.92. The average molecular weight is 592 g/mol. The number of aromatic nitrogens is 3. The number of hydrogen-bond acceptors (Lipinski definition) is 5. The number of aliphatic hydroxyl groups is 1. The summed E-state index contributed by atoms with van der Waals surface area (Å²) in [6, 6.07) is 6.65. The normalized spacial score (nSPS) is 14.9. The van der Waals surface area contributed by atoms with Gasteiger partial charge in [-0.25, -0.2) is 31.6 Å². The molecule has 2 atom stereocenters. The van der Waals surface area contributed by atoms with Crippen LogP contribution in [-0.2, 0) is 10.0 Å². The van der Waals surface area contributed by atoms with Gasteiger partial charge in [-0.05, 0) is 64.2 Å². The van der Waals surface area contributed by atoms with Crippen molar-refractivity contribution in [1.82, 2.24) is 14.3 Å². The Kier molecular flexibility index (Phi) is 9.26. The smallest absolute Gasteiger partial charge is 0.350 e. The molecule has 1 heterocycles. The maximum Gasteiger partial charge on any atom is 0.350 e. The first-order chi connectivity index (χ1) is 18.5. The highest BCUT2D eigenvalue weighted by Gasteiger charge is 2.46. The summed E-state index contributed by atoms with van der Waals surface area (Å²) < 4.78 is 92.5. The van der Waals surface area contributed by atoms with Crippen molar-refractivity contribution < 1.29 is 40.6 Å². The van der Waals surface area contributed by atoms with Crippen LogP contribution in [0.1, 0.15) is 32.4 Å². The van der Waals surface area contributed by atoms with Crippen LogP contribution in [0.4, 0.5) is 26.3 Å². The van der Waals surface area contributed by atoms with Gasteiger partial charge in [0.1, 0.15) is 29.3 Å². The summed E-state index contributed by atoms with van der Waals surface area (Å²) in [6.45, 7) is 7.24. The molecule has 0 unspecified atom stereocenters. The maximum atomic E-state index is 15.0. The molecule has 2 aromatic carbocycles. The van der Waals surface area contributed by atoms with Crippen molar-refractivity contribution in [2.24, 2.45) is 0 Å². The zero-order valence-electron chi connectivity index (χ0n) is 22.5. The summed E-state index contributed by atoms with van der Waals surface area (Å²) >= 11 is 0. The second kappa shape index (κ2) is 11.8. The first-order valence-electron chi connectivity index (χ1n) is 12.4. The second-order valence-electron chi connectivity index (χ2n) is 10.4. The van der Waals surface area contributed by atoms with Crippen LogP contribution in [0.25, 0.3) is 5.69 Å². The molecule has 0 saturated heterocycles. The molecule has 0 aliphatic heterocycles. The SMILES string of the molecule is CC(C)O[Si](C)(C)C[C@](O)(c1ccc(F)cc1F)[C@@H](C)n1ncn(-c2ccc(OCC(F)(F)C(F)F)cc2)c1=O. The van der Waals surface area contributed by atoms with Crippen molar-refractivity contribution in [2.75, 3.05) is 6.61 Å². The molecule has 220 valence electrons. The lowest BCUT2D eigenvalue weighted by Gasteiger charge is -2.40. The van der Waals surface area contributed by atoms with Gasteiger partial charge in [0.25, 0.3) is 0 Å². The highest BCUT2D eigenvalue weighted by Crippen LogP contribution is 2.41. The Hall–Kier alpha value is -3.10. The predicted octanol–water partition coefficient (Wildman–Crippen LogP) is 5.67. The van der Waals surface area contributed by atoms with Gasteiger partial charge in [0.2, 0.25) is 0 Å². The zero-order chi connectivity index (χ0) is 30.0. The quantitative estimate of drug-likeness (QED) is 0.217. The molecule has 1 N–H and O–H groups in total. The summed E-state index contributed by atoms with van der Waals surface area (Å²) in [5, 5.41) is 16.1. The van der Waals surface area contributed by atoms with Gasteiger partial charge >= 0.3 is 18.0 Å². The predicted molar refractivity (Wildman–Crippen MR) is 138 cm³/mol. The van der Waals surface area contributed by atoms with E-state index in [2.05, 4.69) is 5.10 Å². The summed E-state index contributed by atoms with van der Waals surface area (Å²) in [4.78, 5) is 13.4. The number of halogens is 6. The monoisotopic (exact) mass is 591 g/mol. The van der Waals surface area contributed by atoms with Crippen LogP contribution in [-0.4, -0.2) is 52.8 Å². The van der Waals surface area contributed by atoms with Crippen LogP contribution in [0.15, 0.2) is 53.6 Å². The topological polar surface area (TPSA) is 78.5 Å². The fourth-order valence-corrected chi connectivity index (χ4v) is 7.69. The van der Waals surface area contributed by atoms with Crippen LogP contribution in [0, 0.1) is 11.6 Å². The van der Waals surface area contributed by atoms with Gasteiger partial charge in [-0.1, -0.05) is 6.07 Å². The first-order valence-corrected chi connectivity index (χ1v) is 15.5. The van der Waals surface area contributed by atoms with E-state index in [4.69, 9.17) is 9.16 Å². The fourth-order valence-electron chi connectivity index (χ4n) is 4.54. The van der Waals surface area contributed by atoms with Crippen LogP contribution >= 0.6 is 0 Å². The highest BCUT2D eigenvalue weighted by atomic mass is 28.4. The van der Waals surface area contributed by atoms with Crippen molar-refractivity contribution in [3.05, 3.63) is 76.5 Å². The Morgan fingerprint density at radius 1 is 1.05 bits per heavy atom. The molecule has 7 nitrogen and oxygen atoms in total. The molecule has 0 aliphatic rings. The van der Waals surface area contributed by atoms with Gasteiger partial charge in [-0.2, -0.15) is 13.9 Å². The van der Waals surface area contributed by atoms with E-state index in [0.717, 1.165) is 27.7 Å². The zero-order valence-corrected chi connectivity index (χ0v) is 23.5. The Balaban J connectivity index is 1.96. The minimum absolute atomic E-state index is 0.0590. The maximum absolute atomic E-state index is 15.0. The lowest BCUT2D eigenvalue weighted by atomic mass is 9.88. The van der Waals surface area contributed by atoms with Crippen LogP contribution < -0.4 is 10.4 Å². The molecule has 0 fully saturated rings. The van der Waals surface area contributed by atoms with Crippen molar-refractivity contribution >= 4 is 8.32 Å². The Bertz CT molecular complexity index is 1360. The highest BCUT2D eigenvalue weighted by molar-refractivity contribution is 6.71. The molecule has 40 heavy (non-hydrogen) atoms. The minimum Gasteiger partial charge on any atom is -0.487 e. The van der Waals surface area contributed by atoms with E-state index in [1.807, 2.05) is 26.9 Å². The first kappa shape index (κ1) is 31.4. The molecule has 0 saturated carbocycles. The molecular formula is C26H31F6N3O4Si. The lowest BCUT2D eigenvalue weighted by molar-refractivity contribution is -0.148. The fraction of sp³-hybridized carbons (Fsp3) is 0.462. The number of ether oxygens (including phenoxy) is 1. The molecule has 0 amide bonds. The largest absolute Gasteiger partial charge is 0.487 e. The van der Waals surface area contributed by atoms with Gasteiger partial charge < -0.3 is 14.3 Å². The van der Waals surface area contributed by atoms with Gasteiger partial charge in [-0.3, -0.25) is 0 Å². The number of rotatable bonds is 12. The molecular weight excluding hydrogens is 560 g/mol. The number of benzene rings is 2. The Morgan fingerprint density at radius 3 is 2.23 bits per heavy atom. The van der Waals surface area contributed by atoms with Crippen molar-refractivity contribution in [3.63, 3.8) is 0 Å². The third-order valence-corrected chi connectivity index (χ3v) is 8.76. The lowest BCUT2D eigenvalue weighted by Crippen LogP contribution is -2.48. The van der Waals surface area contributed by atoms with E-state index in [0.29, 0.717) is 6.07 Å². The van der Waals surface area contributed by atoms with E-state index in [-0.39, 0.29) is 29.1 Å². The van der Waals surface area contributed by atoms with E-state index in [1.54, 1.807) is 0 Å². The number of hydrogen-bond donors (Lipinski definition) is 1. The molecule has 0 radical (unpaired) electrons. The third-order valence-electron chi connectivity index (χ3n) is 6.26.